The number of rotatable bonds is 10. The molecule has 8 aromatic rings. The molecule has 8 rings (SSSR count). The number of benzene rings is 6. The number of carbonyl (C=O) groups excluding carboxylic acids is 2. The molecule has 0 bridgehead atoms. The molecule has 326 valence electrons. The summed E-state index contributed by atoms with van der Waals surface area (Å²) in [7, 11) is 6.03. The monoisotopic (exact) mass is 868 g/mol. The van der Waals surface area contributed by atoms with Crippen LogP contribution in [0.25, 0.3) is 49.4 Å². The lowest BCUT2D eigenvalue weighted by Crippen LogP contribution is -2.24. The Kier molecular flexibility index (Phi) is 12.2. The van der Waals surface area contributed by atoms with Crippen LogP contribution in [0.4, 0.5) is 34.1 Å². The van der Waals surface area contributed by atoms with E-state index in [1.165, 1.54) is 14.2 Å². The van der Waals surface area contributed by atoms with Gasteiger partial charge in [-0.2, -0.15) is 5.26 Å². The fraction of sp³-hybridized carbons (Fsp3) is 0.143. The van der Waals surface area contributed by atoms with Gasteiger partial charge < -0.3 is 28.4 Å². The molecule has 0 spiro atoms. The molecular weight excluding hydrogens is 821 g/mol. The van der Waals surface area contributed by atoms with Crippen LogP contribution in [0.15, 0.2) is 146 Å². The van der Waals surface area contributed by atoms with Gasteiger partial charge >= 0.3 is 11.9 Å². The zero-order chi connectivity index (χ0) is 46.8. The maximum atomic E-state index is 13.6. The van der Waals surface area contributed by atoms with E-state index in [-0.39, 0.29) is 22.0 Å². The number of carbonyl (C=O) groups is 2. The molecule has 10 nitrogen and oxygen atoms in total. The lowest BCUT2D eigenvalue weighted by Gasteiger charge is -2.26. The van der Waals surface area contributed by atoms with Crippen molar-refractivity contribution >= 4 is 68.1 Å². The van der Waals surface area contributed by atoms with Crippen LogP contribution in [0.5, 0.6) is 0 Å². The minimum atomic E-state index is -0.824. The van der Waals surface area contributed by atoms with Gasteiger partial charge in [0, 0.05) is 59.0 Å². The van der Waals surface area contributed by atoms with Gasteiger partial charge in [-0.25, -0.2) is 9.64 Å². The molecule has 2 heterocycles. The fourth-order valence-corrected chi connectivity index (χ4v) is 8.63. The van der Waals surface area contributed by atoms with Crippen LogP contribution in [-0.4, -0.2) is 35.3 Å². The third-order valence-electron chi connectivity index (χ3n) is 12.0. The SMILES string of the molecule is [C-]#[N+]/C(C(=O)OC)=c1\c2c(-c3ccc(N(c4ccc(C)cc4)c4ccc(C)cc4)cc3)n(C)/c(=C(/C#N)C(=O)OC)c2c(-c2ccc(N(c3ccc(C)cc3)c3ccc(C)cc3)cc2)n1C. The Morgan fingerprint density at radius 2 is 0.788 bits per heavy atom. The summed E-state index contributed by atoms with van der Waals surface area (Å²) in [6.07, 6.45) is 0. The highest BCUT2D eigenvalue weighted by atomic mass is 16.5. The van der Waals surface area contributed by atoms with Crippen molar-refractivity contribution in [3.63, 3.8) is 0 Å². The second-order valence-corrected chi connectivity index (χ2v) is 16.3. The first-order valence-electron chi connectivity index (χ1n) is 21.4. The van der Waals surface area contributed by atoms with Crippen molar-refractivity contribution in [2.45, 2.75) is 27.7 Å². The smallest absolute Gasteiger partial charge is 0.350 e. The lowest BCUT2D eigenvalue weighted by molar-refractivity contribution is -0.134. The van der Waals surface area contributed by atoms with Crippen molar-refractivity contribution < 1.29 is 19.1 Å². The zero-order valence-electron chi connectivity index (χ0n) is 38.2. The number of aromatic nitrogens is 2. The van der Waals surface area contributed by atoms with Gasteiger partial charge in [0.05, 0.1) is 42.9 Å². The molecule has 0 fully saturated rings. The average Bonchev–Trinajstić information content (AvgIpc) is 3.77. The minimum Gasteiger partial charge on any atom is -0.474 e. The molecule has 10 heteroatoms. The van der Waals surface area contributed by atoms with Crippen LogP contribution < -0.4 is 20.5 Å². The van der Waals surface area contributed by atoms with E-state index in [9.17, 15) is 14.9 Å². The van der Waals surface area contributed by atoms with E-state index in [1.807, 2.05) is 48.5 Å². The van der Waals surface area contributed by atoms with Crippen LogP contribution in [0.1, 0.15) is 22.3 Å². The Hall–Kier alpha value is -8.60. The Labute approximate surface area is 384 Å². The van der Waals surface area contributed by atoms with Crippen LogP contribution in [0.2, 0.25) is 0 Å². The predicted molar refractivity (Wildman–Crippen MR) is 263 cm³/mol. The lowest BCUT2D eigenvalue weighted by atomic mass is 10.0. The molecular formula is C56H48N6O4. The molecule has 66 heavy (non-hydrogen) atoms. The molecule has 0 radical (unpaired) electrons. The number of anilines is 6. The molecule has 0 N–H and O–H groups in total. The van der Waals surface area contributed by atoms with Crippen LogP contribution >= 0.6 is 0 Å². The molecule has 6 aromatic carbocycles. The first-order chi connectivity index (χ1) is 31.9. The number of nitrogens with zero attached hydrogens (tertiary/aromatic N) is 6. The van der Waals surface area contributed by atoms with E-state index in [0.29, 0.717) is 33.3 Å². The largest absolute Gasteiger partial charge is 0.474 e. The van der Waals surface area contributed by atoms with Gasteiger partial charge in [0.25, 0.3) is 5.70 Å². The maximum Gasteiger partial charge on any atom is 0.350 e. The van der Waals surface area contributed by atoms with Crippen LogP contribution in [-0.2, 0) is 33.2 Å². The number of methoxy groups -OCH3 is 2. The van der Waals surface area contributed by atoms with Crippen molar-refractivity contribution in [3.8, 4) is 28.6 Å². The quantitative estimate of drug-likeness (QED) is 0.0997. The number of ether oxygens (including phenoxy) is 2. The molecule has 0 aliphatic heterocycles. The number of hydrogen-bond donors (Lipinski definition) is 0. The standard InChI is InChI=1S/C56H48N6O4/c1-35-10-22-41(23-11-35)61(42-24-12-36(2)13-25-42)45-30-18-39(19-31-45)51-48-49(54(60(51)7)50(58-5)56(64)66-9)52(59(6)53(48)47(34-57)55(63)65-8)40-20-32-46(33-21-40)62(43-26-14-37(3)15-27-43)44-28-16-38(4)17-29-44/h10-33H,1-4,6-9H3/b53-47-,54-50+. The third-order valence-corrected chi connectivity index (χ3v) is 12.0. The summed E-state index contributed by atoms with van der Waals surface area (Å²) in [5.41, 5.74) is 12.3. The highest BCUT2D eigenvalue weighted by molar-refractivity contribution is 6.20. The van der Waals surface area contributed by atoms with Crippen molar-refractivity contribution in [1.82, 2.24) is 9.13 Å². The molecule has 0 saturated carbocycles. The van der Waals surface area contributed by atoms with Crippen LogP contribution in [0.3, 0.4) is 0 Å². The molecule has 0 atom stereocenters. The zero-order valence-corrected chi connectivity index (χ0v) is 38.2. The first kappa shape index (κ1) is 44.0. The summed E-state index contributed by atoms with van der Waals surface area (Å²) < 4.78 is 14.0. The molecule has 2 aromatic heterocycles. The summed E-state index contributed by atoms with van der Waals surface area (Å²) in [6.45, 7) is 16.6. The predicted octanol–water partition coefficient (Wildman–Crippen LogP) is 11.1. The Bertz CT molecular complexity index is 3030. The average molecular weight is 869 g/mol. The maximum absolute atomic E-state index is 13.6. The van der Waals surface area contributed by atoms with Gasteiger partial charge in [-0.3, -0.25) is 4.79 Å². The number of fused-ring (bicyclic) bond motifs is 1. The number of hydrogen-bond acceptors (Lipinski definition) is 7. The second-order valence-electron chi connectivity index (χ2n) is 16.3. The van der Waals surface area contributed by atoms with Crippen LogP contribution in [0, 0.1) is 45.6 Å². The van der Waals surface area contributed by atoms with Crippen molar-refractivity contribution in [2.24, 2.45) is 14.1 Å². The second kappa shape index (κ2) is 18.2. The van der Waals surface area contributed by atoms with E-state index in [0.717, 1.165) is 56.4 Å². The third kappa shape index (κ3) is 7.97. The molecule has 0 unspecified atom stereocenters. The van der Waals surface area contributed by atoms with E-state index >= 15 is 0 Å². The number of nitriles is 1. The Morgan fingerprint density at radius 3 is 1.08 bits per heavy atom. The van der Waals surface area contributed by atoms with Gasteiger partial charge in [0.15, 0.2) is 5.57 Å². The summed E-state index contributed by atoms with van der Waals surface area (Å²) >= 11 is 0. The topological polar surface area (TPSA) is 97.1 Å². The summed E-state index contributed by atoms with van der Waals surface area (Å²) in [6, 6.07) is 51.4. The minimum absolute atomic E-state index is 0.236. The van der Waals surface area contributed by atoms with E-state index in [4.69, 9.17) is 16.0 Å². The van der Waals surface area contributed by atoms with Crippen molar-refractivity contribution in [2.75, 3.05) is 24.0 Å². The Balaban J connectivity index is 1.41. The number of esters is 2. The molecule has 0 amide bonds. The van der Waals surface area contributed by atoms with E-state index in [2.05, 4.69) is 145 Å². The summed E-state index contributed by atoms with van der Waals surface area (Å²) in [4.78, 5) is 35.3. The highest BCUT2D eigenvalue weighted by Gasteiger charge is 2.29. The van der Waals surface area contributed by atoms with Gasteiger partial charge in [-0.1, -0.05) is 95.1 Å². The fourth-order valence-electron chi connectivity index (χ4n) is 8.63. The van der Waals surface area contributed by atoms with Gasteiger partial charge in [0.2, 0.25) is 0 Å². The first-order valence-corrected chi connectivity index (χ1v) is 21.4. The van der Waals surface area contributed by atoms with Gasteiger partial charge in [-0.05, 0) is 112 Å². The van der Waals surface area contributed by atoms with E-state index in [1.54, 1.807) is 23.2 Å². The highest BCUT2D eigenvalue weighted by Crippen LogP contribution is 2.40. The van der Waals surface area contributed by atoms with Gasteiger partial charge in [-0.15, -0.1) is 0 Å². The number of aryl methyl sites for hydroxylation is 4. The van der Waals surface area contributed by atoms with Crippen molar-refractivity contribution in [1.29, 1.82) is 5.26 Å². The van der Waals surface area contributed by atoms with Crippen molar-refractivity contribution in [3.05, 3.63) is 190 Å². The normalized spacial score (nSPS) is 11.9. The Morgan fingerprint density at radius 1 is 0.500 bits per heavy atom. The van der Waals surface area contributed by atoms with Gasteiger partial charge in [0.1, 0.15) is 6.07 Å². The molecule has 0 aliphatic rings. The van der Waals surface area contributed by atoms with E-state index < -0.39 is 11.9 Å². The summed E-state index contributed by atoms with van der Waals surface area (Å²) in [5, 5.41) is 12.2. The summed E-state index contributed by atoms with van der Waals surface area (Å²) in [5.74, 6) is -1.65. The molecule has 0 saturated heterocycles. The molecule has 0 aliphatic carbocycles.